The summed E-state index contributed by atoms with van der Waals surface area (Å²) < 4.78 is 10.5. The Morgan fingerprint density at radius 2 is 2.06 bits per heavy atom. The first kappa shape index (κ1) is 23.1. The minimum Gasteiger partial charge on any atom is -0.383 e. The zero-order valence-corrected chi connectivity index (χ0v) is 19.8. The summed E-state index contributed by atoms with van der Waals surface area (Å²) in [6.07, 6.45) is 10.9. The second-order valence-corrected chi connectivity index (χ2v) is 9.57. The van der Waals surface area contributed by atoms with Gasteiger partial charge in [0.15, 0.2) is 5.13 Å². The van der Waals surface area contributed by atoms with Gasteiger partial charge in [0.2, 0.25) is 0 Å². The predicted molar refractivity (Wildman–Crippen MR) is 132 cm³/mol. The molecular weight excluding hydrogens is 422 g/mol. The van der Waals surface area contributed by atoms with E-state index < -0.39 is 0 Å². The second kappa shape index (κ2) is 12.3. The second-order valence-electron chi connectivity index (χ2n) is 8.71. The van der Waals surface area contributed by atoms with Crippen LogP contribution in [0.3, 0.4) is 0 Å². The normalized spacial score (nSPS) is 22.3. The average Bonchev–Trinajstić information content (AvgIpc) is 3.32. The number of rotatable bonds is 10. The number of ether oxygens (including phenoxy) is 2. The molecular formula is C24H35N5O2S. The van der Waals surface area contributed by atoms with Crippen molar-refractivity contribution in [2.75, 3.05) is 50.7 Å². The molecule has 0 aromatic carbocycles. The highest BCUT2D eigenvalue weighted by Gasteiger charge is 2.20. The van der Waals surface area contributed by atoms with E-state index in [9.17, 15) is 0 Å². The first-order valence-corrected chi connectivity index (χ1v) is 12.7. The highest BCUT2D eigenvalue weighted by atomic mass is 32.1. The number of pyridine rings is 1. The molecule has 32 heavy (non-hydrogen) atoms. The lowest BCUT2D eigenvalue weighted by Gasteiger charge is -2.27. The minimum atomic E-state index is 0.466. The van der Waals surface area contributed by atoms with E-state index in [0.29, 0.717) is 24.5 Å². The van der Waals surface area contributed by atoms with E-state index in [1.54, 1.807) is 18.4 Å². The maximum atomic E-state index is 5.45. The number of nitrogens with zero attached hydrogens (tertiary/aromatic N) is 3. The fourth-order valence-corrected chi connectivity index (χ4v) is 5.06. The quantitative estimate of drug-likeness (QED) is 0.396. The number of hydrogen-bond donors (Lipinski definition) is 2. The number of thiazole rings is 1. The summed E-state index contributed by atoms with van der Waals surface area (Å²) in [4.78, 5) is 13.8. The lowest BCUT2D eigenvalue weighted by Crippen LogP contribution is -2.27. The molecule has 0 radical (unpaired) electrons. The first-order chi connectivity index (χ1) is 15.8. The maximum absolute atomic E-state index is 5.45. The Kier molecular flexibility index (Phi) is 8.88. The van der Waals surface area contributed by atoms with Gasteiger partial charge in [0, 0.05) is 56.3 Å². The molecule has 1 aliphatic carbocycles. The van der Waals surface area contributed by atoms with Crippen molar-refractivity contribution >= 4 is 28.5 Å². The molecule has 0 unspecified atom stereocenters. The third kappa shape index (κ3) is 6.98. The van der Waals surface area contributed by atoms with Crippen LogP contribution in [-0.2, 0) is 9.47 Å². The first-order valence-electron chi connectivity index (χ1n) is 11.8. The van der Waals surface area contributed by atoms with Gasteiger partial charge in [0.25, 0.3) is 0 Å². The number of anilines is 2. The highest BCUT2D eigenvalue weighted by molar-refractivity contribution is 7.14. The average molecular weight is 458 g/mol. The Hall–Kier alpha value is -2.03. The molecule has 7 nitrogen and oxygen atoms in total. The molecule has 1 aliphatic heterocycles. The van der Waals surface area contributed by atoms with Crippen molar-refractivity contribution in [3.8, 4) is 11.3 Å². The molecule has 2 N–H and O–H groups in total. The van der Waals surface area contributed by atoms with Gasteiger partial charge in [0.05, 0.1) is 18.8 Å². The van der Waals surface area contributed by atoms with Gasteiger partial charge in [0.1, 0.15) is 5.82 Å². The molecule has 1 saturated carbocycles. The fraction of sp³-hybridized carbons (Fsp3) is 0.625. The van der Waals surface area contributed by atoms with Gasteiger partial charge in [-0.3, -0.25) is 4.99 Å². The van der Waals surface area contributed by atoms with Crippen LogP contribution in [0.4, 0.5) is 10.9 Å². The monoisotopic (exact) mass is 457 g/mol. The van der Waals surface area contributed by atoms with E-state index in [-0.39, 0.29) is 0 Å². The largest absolute Gasteiger partial charge is 0.383 e. The van der Waals surface area contributed by atoms with E-state index in [1.165, 1.54) is 12.8 Å². The molecule has 0 amide bonds. The van der Waals surface area contributed by atoms with E-state index >= 15 is 0 Å². The van der Waals surface area contributed by atoms with Crippen molar-refractivity contribution in [3.05, 3.63) is 23.7 Å². The minimum absolute atomic E-state index is 0.466. The zero-order chi connectivity index (χ0) is 22.0. The molecule has 1 saturated heterocycles. The number of nitrogens with one attached hydrogen (secondary N) is 2. The summed E-state index contributed by atoms with van der Waals surface area (Å²) in [6.45, 7) is 4.19. The van der Waals surface area contributed by atoms with Crippen molar-refractivity contribution in [1.82, 2.24) is 9.97 Å². The van der Waals surface area contributed by atoms with E-state index in [0.717, 1.165) is 74.2 Å². The smallest absolute Gasteiger partial charge is 0.183 e. The molecule has 2 aromatic heterocycles. The zero-order valence-electron chi connectivity index (χ0n) is 19.0. The van der Waals surface area contributed by atoms with Gasteiger partial charge in [-0.2, -0.15) is 0 Å². The molecule has 0 bridgehead atoms. The van der Waals surface area contributed by atoms with Crippen molar-refractivity contribution in [1.29, 1.82) is 0 Å². The molecule has 3 heterocycles. The summed E-state index contributed by atoms with van der Waals surface area (Å²) in [6, 6.07) is 4.62. The number of hydrogen-bond acceptors (Lipinski definition) is 8. The summed E-state index contributed by atoms with van der Waals surface area (Å²) in [5, 5.41) is 10.3. The highest BCUT2D eigenvalue weighted by Crippen LogP contribution is 2.29. The number of aromatic nitrogens is 2. The van der Waals surface area contributed by atoms with Crippen LogP contribution in [0.15, 0.2) is 28.7 Å². The van der Waals surface area contributed by atoms with Gasteiger partial charge >= 0.3 is 0 Å². The Labute approximate surface area is 195 Å². The Morgan fingerprint density at radius 1 is 1.22 bits per heavy atom. The van der Waals surface area contributed by atoms with Crippen LogP contribution >= 0.6 is 11.3 Å². The summed E-state index contributed by atoms with van der Waals surface area (Å²) in [7, 11) is 1.72. The van der Waals surface area contributed by atoms with E-state index in [2.05, 4.69) is 38.3 Å². The third-order valence-corrected chi connectivity index (χ3v) is 7.11. The van der Waals surface area contributed by atoms with Gasteiger partial charge in [-0.1, -0.05) is 0 Å². The molecule has 2 fully saturated rings. The number of methoxy groups -OCH3 is 1. The lowest BCUT2D eigenvalue weighted by atomic mass is 9.87. The third-order valence-electron chi connectivity index (χ3n) is 6.31. The van der Waals surface area contributed by atoms with Gasteiger partial charge < -0.3 is 20.1 Å². The maximum Gasteiger partial charge on any atom is 0.183 e. The van der Waals surface area contributed by atoms with Crippen LogP contribution in [0.5, 0.6) is 0 Å². The molecule has 8 heteroatoms. The molecule has 2 aromatic rings. The van der Waals surface area contributed by atoms with Crippen molar-refractivity contribution in [3.63, 3.8) is 0 Å². The van der Waals surface area contributed by atoms with Crippen LogP contribution in [-0.4, -0.2) is 62.2 Å². The molecule has 0 atom stereocenters. The van der Waals surface area contributed by atoms with Crippen molar-refractivity contribution in [2.24, 2.45) is 16.8 Å². The Bertz CT molecular complexity index is 844. The number of aliphatic imine (C=N–C) groups is 1. The molecule has 0 spiro atoms. The predicted octanol–water partition coefficient (Wildman–Crippen LogP) is 4.73. The van der Waals surface area contributed by atoms with Crippen LogP contribution in [0, 0.1) is 11.8 Å². The van der Waals surface area contributed by atoms with Crippen LogP contribution in [0.25, 0.3) is 11.3 Å². The van der Waals surface area contributed by atoms with Crippen LogP contribution < -0.4 is 10.6 Å². The fourth-order valence-electron chi connectivity index (χ4n) is 4.33. The standard InChI is InChI=1S/C24H35N5O2S/c1-30-13-10-25-15-18-2-4-21(5-3-18)28-23-14-20(6-9-26-23)22-17-32-24(29-22)27-16-19-7-11-31-12-8-19/h6,9,14-15,17-19,21H,2-5,7-8,10-13,16H2,1H3,(H,26,28)(H,27,29)/b25-15+. The molecule has 2 aliphatic rings. The topological polar surface area (TPSA) is 80.7 Å². The summed E-state index contributed by atoms with van der Waals surface area (Å²) in [5.41, 5.74) is 2.11. The van der Waals surface area contributed by atoms with Crippen molar-refractivity contribution < 1.29 is 9.47 Å². The Balaban J connectivity index is 1.26. The summed E-state index contributed by atoms with van der Waals surface area (Å²) >= 11 is 1.67. The van der Waals surface area contributed by atoms with Crippen LogP contribution in [0.2, 0.25) is 0 Å². The SMILES string of the molecule is COCC/N=C/C1CCC(Nc2cc(-c3csc(NCC4CCOCC4)n3)ccn2)CC1. The Morgan fingerprint density at radius 3 is 2.88 bits per heavy atom. The van der Waals surface area contributed by atoms with Crippen LogP contribution in [0.1, 0.15) is 38.5 Å². The van der Waals surface area contributed by atoms with Gasteiger partial charge in [-0.15, -0.1) is 11.3 Å². The van der Waals surface area contributed by atoms with E-state index in [4.69, 9.17) is 14.5 Å². The lowest BCUT2D eigenvalue weighted by molar-refractivity contribution is 0.0699. The van der Waals surface area contributed by atoms with E-state index in [1.807, 2.05) is 12.3 Å². The molecule has 4 rings (SSSR count). The van der Waals surface area contributed by atoms with Crippen molar-refractivity contribution in [2.45, 2.75) is 44.6 Å². The van der Waals surface area contributed by atoms with Gasteiger partial charge in [-0.25, -0.2) is 9.97 Å². The summed E-state index contributed by atoms with van der Waals surface area (Å²) in [5.74, 6) is 2.20. The van der Waals surface area contributed by atoms with Gasteiger partial charge in [-0.05, 0) is 62.5 Å². The molecule has 174 valence electrons.